The third-order valence-electron chi connectivity index (χ3n) is 2.99. The molecule has 0 spiro atoms. The topological polar surface area (TPSA) is 45.2 Å². The standard InChI is InChI=1S/C11H16ClN3OS/c1-8(16)13-6-9-2-4-15(5-3-9)11-14-10(12)7-17-11/h7,9H,2-6H2,1H3,(H,13,16). The molecule has 1 amide bonds. The highest BCUT2D eigenvalue weighted by molar-refractivity contribution is 7.14. The van der Waals surface area contributed by atoms with E-state index in [1.165, 1.54) is 0 Å². The summed E-state index contributed by atoms with van der Waals surface area (Å²) in [5.41, 5.74) is 0. The number of halogens is 1. The molecular formula is C11H16ClN3OS. The zero-order valence-electron chi connectivity index (χ0n) is 9.78. The number of carbonyl (C=O) groups excluding carboxylic acids is 1. The maximum Gasteiger partial charge on any atom is 0.216 e. The van der Waals surface area contributed by atoms with Crippen molar-refractivity contribution < 1.29 is 4.79 Å². The fourth-order valence-corrected chi connectivity index (χ4v) is 3.01. The highest BCUT2D eigenvalue weighted by Gasteiger charge is 2.21. The summed E-state index contributed by atoms with van der Waals surface area (Å²) in [4.78, 5) is 17.4. The molecule has 0 atom stereocenters. The van der Waals surface area contributed by atoms with Gasteiger partial charge in [-0.2, -0.15) is 0 Å². The summed E-state index contributed by atoms with van der Waals surface area (Å²) in [5.74, 6) is 0.643. The average Bonchev–Trinajstić information content (AvgIpc) is 2.74. The van der Waals surface area contributed by atoms with Crippen LogP contribution in [0.1, 0.15) is 19.8 Å². The van der Waals surface area contributed by atoms with Gasteiger partial charge in [0.2, 0.25) is 5.91 Å². The molecule has 1 aliphatic heterocycles. The van der Waals surface area contributed by atoms with Crippen LogP contribution in [0.3, 0.4) is 0 Å². The van der Waals surface area contributed by atoms with E-state index in [-0.39, 0.29) is 5.91 Å². The molecule has 0 unspecified atom stereocenters. The second kappa shape index (κ2) is 5.69. The van der Waals surface area contributed by atoms with Crippen molar-refractivity contribution in [2.24, 2.45) is 5.92 Å². The Balaban J connectivity index is 1.80. The van der Waals surface area contributed by atoms with Crippen molar-refractivity contribution in [3.05, 3.63) is 10.5 Å². The molecule has 0 aliphatic carbocycles. The van der Waals surface area contributed by atoms with Crippen LogP contribution in [-0.2, 0) is 4.79 Å². The molecule has 1 aliphatic rings. The van der Waals surface area contributed by atoms with E-state index in [2.05, 4.69) is 15.2 Å². The second-order valence-corrected chi connectivity index (χ2v) is 5.54. The minimum atomic E-state index is 0.0548. The van der Waals surface area contributed by atoms with Crippen LogP contribution in [-0.4, -0.2) is 30.5 Å². The van der Waals surface area contributed by atoms with E-state index in [4.69, 9.17) is 11.6 Å². The van der Waals surface area contributed by atoms with Gasteiger partial charge in [0, 0.05) is 31.9 Å². The molecule has 4 nitrogen and oxygen atoms in total. The van der Waals surface area contributed by atoms with Crippen LogP contribution in [0.15, 0.2) is 5.38 Å². The molecule has 1 N–H and O–H groups in total. The van der Waals surface area contributed by atoms with Crippen molar-refractivity contribution >= 4 is 34.0 Å². The molecule has 94 valence electrons. The maximum atomic E-state index is 10.8. The molecule has 1 aromatic rings. The van der Waals surface area contributed by atoms with E-state index in [0.717, 1.165) is 37.6 Å². The van der Waals surface area contributed by atoms with Gasteiger partial charge in [0.15, 0.2) is 5.13 Å². The largest absolute Gasteiger partial charge is 0.356 e. The molecule has 0 saturated carbocycles. The van der Waals surface area contributed by atoms with E-state index >= 15 is 0 Å². The number of nitrogens with one attached hydrogen (secondary N) is 1. The van der Waals surface area contributed by atoms with E-state index in [1.807, 2.05) is 5.38 Å². The molecule has 17 heavy (non-hydrogen) atoms. The summed E-state index contributed by atoms with van der Waals surface area (Å²) in [6, 6.07) is 0. The van der Waals surface area contributed by atoms with E-state index in [1.54, 1.807) is 18.3 Å². The predicted molar refractivity (Wildman–Crippen MR) is 70.7 cm³/mol. The lowest BCUT2D eigenvalue weighted by Crippen LogP contribution is -2.38. The fraction of sp³-hybridized carbons (Fsp3) is 0.636. The monoisotopic (exact) mass is 273 g/mol. The minimum absolute atomic E-state index is 0.0548. The van der Waals surface area contributed by atoms with Gasteiger partial charge >= 0.3 is 0 Å². The summed E-state index contributed by atoms with van der Waals surface area (Å²) < 4.78 is 0. The van der Waals surface area contributed by atoms with Crippen LogP contribution >= 0.6 is 22.9 Å². The first kappa shape index (κ1) is 12.6. The van der Waals surface area contributed by atoms with Crippen LogP contribution in [0, 0.1) is 5.92 Å². The Morgan fingerprint density at radius 1 is 1.65 bits per heavy atom. The number of thiazole rings is 1. The molecule has 1 saturated heterocycles. The summed E-state index contributed by atoms with van der Waals surface area (Å²) in [7, 11) is 0. The van der Waals surface area contributed by atoms with E-state index in [9.17, 15) is 4.79 Å². The summed E-state index contributed by atoms with van der Waals surface area (Å²) >= 11 is 7.41. The molecule has 2 heterocycles. The lowest BCUT2D eigenvalue weighted by Gasteiger charge is -2.31. The number of piperidine rings is 1. The second-order valence-electron chi connectivity index (χ2n) is 4.32. The van der Waals surface area contributed by atoms with Crippen LogP contribution in [0.25, 0.3) is 0 Å². The van der Waals surface area contributed by atoms with Crippen LogP contribution in [0.2, 0.25) is 5.15 Å². The Hall–Kier alpha value is -0.810. The van der Waals surface area contributed by atoms with Gasteiger partial charge in [-0.05, 0) is 18.8 Å². The van der Waals surface area contributed by atoms with E-state index in [0.29, 0.717) is 11.1 Å². The number of aromatic nitrogens is 1. The number of anilines is 1. The van der Waals surface area contributed by atoms with Crippen molar-refractivity contribution in [3.8, 4) is 0 Å². The molecule has 0 aromatic carbocycles. The molecule has 1 fully saturated rings. The Morgan fingerprint density at radius 2 is 2.35 bits per heavy atom. The van der Waals surface area contributed by atoms with Gasteiger partial charge in [0.25, 0.3) is 0 Å². The molecular weight excluding hydrogens is 258 g/mol. The first-order chi connectivity index (χ1) is 8.15. The first-order valence-corrected chi connectivity index (χ1v) is 7.01. The highest BCUT2D eigenvalue weighted by Crippen LogP contribution is 2.27. The Labute approximate surface area is 110 Å². The maximum absolute atomic E-state index is 10.8. The lowest BCUT2D eigenvalue weighted by molar-refractivity contribution is -0.119. The third-order valence-corrected chi connectivity index (χ3v) is 4.21. The Bertz CT molecular complexity index is 388. The molecule has 0 bridgehead atoms. The summed E-state index contributed by atoms with van der Waals surface area (Å²) in [6.45, 7) is 4.34. The van der Waals surface area contributed by atoms with E-state index < -0.39 is 0 Å². The SMILES string of the molecule is CC(=O)NCC1CCN(c2nc(Cl)cs2)CC1. The van der Waals surface area contributed by atoms with Gasteiger partial charge in [0.1, 0.15) is 5.15 Å². The number of hydrogen-bond acceptors (Lipinski definition) is 4. The smallest absolute Gasteiger partial charge is 0.216 e. The van der Waals surface area contributed by atoms with Gasteiger partial charge < -0.3 is 10.2 Å². The Morgan fingerprint density at radius 3 is 2.88 bits per heavy atom. The number of hydrogen-bond donors (Lipinski definition) is 1. The lowest BCUT2D eigenvalue weighted by atomic mass is 9.97. The first-order valence-electron chi connectivity index (χ1n) is 5.75. The van der Waals surface area contributed by atoms with Gasteiger partial charge in [-0.25, -0.2) is 4.98 Å². The van der Waals surface area contributed by atoms with Crippen molar-refractivity contribution in [3.63, 3.8) is 0 Å². The predicted octanol–water partition coefficient (Wildman–Crippen LogP) is 2.15. The normalized spacial score (nSPS) is 17.2. The van der Waals surface area contributed by atoms with Crippen molar-refractivity contribution in [1.29, 1.82) is 0 Å². The molecule has 6 heteroatoms. The van der Waals surface area contributed by atoms with Gasteiger partial charge in [0.05, 0.1) is 0 Å². The van der Waals surface area contributed by atoms with Gasteiger partial charge in [-0.15, -0.1) is 11.3 Å². The number of amides is 1. The third kappa shape index (κ3) is 3.57. The quantitative estimate of drug-likeness (QED) is 0.918. The van der Waals surface area contributed by atoms with Gasteiger partial charge in [-0.3, -0.25) is 4.79 Å². The van der Waals surface area contributed by atoms with Crippen molar-refractivity contribution in [2.75, 3.05) is 24.5 Å². The summed E-state index contributed by atoms with van der Waals surface area (Å²) in [6.07, 6.45) is 2.19. The minimum Gasteiger partial charge on any atom is -0.356 e. The van der Waals surface area contributed by atoms with Crippen LogP contribution < -0.4 is 10.2 Å². The van der Waals surface area contributed by atoms with Gasteiger partial charge in [-0.1, -0.05) is 11.6 Å². The fourth-order valence-electron chi connectivity index (χ4n) is 2.01. The number of nitrogens with zero attached hydrogens (tertiary/aromatic N) is 2. The average molecular weight is 274 g/mol. The van der Waals surface area contributed by atoms with Crippen LogP contribution in [0.5, 0.6) is 0 Å². The van der Waals surface area contributed by atoms with Crippen molar-refractivity contribution in [1.82, 2.24) is 10.3 Å². The zero-order chi connectivity index (χ0) is 12.3. The number of carbonyl (C=O) groups is 1. The molecule has 2 rings (SSSR count). The summed E-state index contributed by atoms with van der Waals surface area (Å²) in [5, 5.41) is 6.33. The molecule has 1 aromatic heterocycles. The zero-order valence-corrected chi connectivity index (χ0v) is 11.4. The highest BCUT2D eigenvalue weighted by atomic mass is 35.5. The van der Waals surface area contributed by atoms with Crippen molar-refractivity contribution in [2.45, 2.75) is 19.8 Å². The Kier molecular flexibility index (Phi) is 4.23. The van der Waals surface area contributed by atoms with Crippen LogP contribution in [0.4, 0.5) is 5.13 Å². The number of rotatable bonds is 3. The molecule has 0 radical (unpaired) electrons.